The van der Waals surface area contributed by atoms with Crippen molar-refractivity contribution in [1.29, 1.82) is 0 Å². The predicted octanol–water partition coefficient (Wildman–Crippen LogP) is 1.12. The molecular weight excluding hydrogens is 298 g/mol. The van der Waals surface area contributed by atoms with E-state index in [1.165, 1.54) is 17.1 Å². The summed E-state index contributed by atoms with van der Waals surface area (Å²) in [6, 6.07) is 8.04. The van der Waals surface area contributed by atoms with Gasteiger partial charge < -0.3 is 5.32 Å². The van der Waals surface area contributed by atoms with Gasteiger partial charge in [0, 0.05) is 33.2 Å². The van der Waals surface area contributed by atoms with Gasteiger partial charge in [-0.1, -0.05) is 12.1 Å². The lowest BCUT2D eigenvalue weighted by Crippen LogP contribution is -2.43. The summed E-state index contributed by atoms with van der Waals surface area (Å²) < 4.78 is 25.7. The van der Waals surface area contributed by atoms with Gasteiger partial charge in [-0.25, -0.2) is 12.7 Å². The topological polar surface area (TPSA) is 52.7 Å². The molecule has 2 atom stereocenters. The number of likely N-dealkylation sites (tertiary alicyclic amines) is 1. The zero-order chi connectivity index (χ0) is 15.7. The third-order valence-corrected chi connectivity index (χ3v) is 6.63. The smallest absolute Gasteiger partial charge is 0.242 e. The van der Waals surface area contributed by atoms with Gasteiger partial charge in [-0.2, -0.15) is 0 Å². The highest BCUT2D eigenvalue weighted by molar-refractivity contribution is 7.89. The molecule has 0 spiro atoms. The second kappa shape index (κ2) is 6.28. The molecule has 2 fully saturated rings. The summed E-state index contributed by atoms with van der Waals surface area (Å²) in [4.78, 5) is 2.84. The first-order valence-corrected chi connectivity index (χ1v) is 9.38. The average Bonchev–Trinajstić information content (AvgIpc) is 2.95. The summed E-state index contributed by atoms with van der Waals surface area (Å²) >= 11 is 0. The number of hydrogen-bond acceptors (Lipinski definition) is 4. The van der Waals surface area contributed by atoms with Crippen LogP contribution in [-0.4, -0.2) is 57.4 Å². The van der Waals surface area contributed by atoms with Gasteiger partial charge in [0.05, 0.1) is 4.90 Å². The number of rotatable bonds is 4. The van der Waals surface area contributed by atoms with Gasteiger partial charge >= 0.3 is 0 Å². The Hall–Kier alpha value is -0.950. The zero-order valence-corrected chi connectivity index (χ0v) is 14.1. The monoisotopic (exact) mass is 323 g/mol. The van der Waals surface area contributed by atoms with E-state index in [1.807, 2.05) is 18.2 Å². The molecule has 0 aliphatic carbocycles. The lowest BCUT2D eigenvalue weighted by Gasteiger charge is -2.34. The van der Waals surface area contributed by atoms with Crippen molar-refractivity contribution in [1.82, 2.24) is 14.5 Å². The Labute approximate surface area is 133 Å². The molecule has 0 radical (unpaired) electrons. The van der Waals surface area contributed by atoms with E-state index in [9.17, 15) is 8.42 Å². The quantitative estimate of drug-likeness (QED) is 0.902. The maximum Gasteiger partial charge on any atom is 0.242 e. The summed E-state index contributed by atoms with van der Waals surface area (Å²) in [7, 11) is -0.211. The lowest BCUT2D eigenvalue weighted by atomic mass is 9.93. The Morgan fingerprint density at radius 2 is 2.14 bits per heavy atom. The molecule has 0 aromatic heterocycles. The normalized spacial score (nSPS) is 26.3. The molecule has 22 heavy (non-hydrogen) atoms. The highest BCUT2D eigenvalue weighted by atomic mass is 32.2. The number of sulfonamides is 1. The molecule has 0 amide bonds. The molecule has 0 saturated carbocycles. The maximum absolute atomic E-state index is 12.2. The van der Waals surface area contributed by atoms with Crippen molar-refractivity contribution < 1.29 is 8.42 Å². The third-order valence-electron chi connectivity index (χ3n) is 4.82. The number of benzene rings is 1. The van der Waals surface area contributed by atoms with Crippen molar-refractivity contribution >= 4 is 10.0 Å². The van der Waals surface area contributed by atoms with Crippen LogP contribution in [0.25, 0.3) is 0 Å². The van der Waals surface area contributed by atoms with Crippen LogP contribution >= 0.6 is 0 Å². The number of nitrogens with one attached hydrogen (secondary N) is 1. The Morgan fingerprint density at radius 1 is 1.32 bits per heavy atom. The molecule has 122 valence electrons. The van der Waals surface area contributed by atoms with Gasteiger partial charge in [-0.05, 0) is 49.5 Å². The summed E-state index contributed by atoms with van der Waals surface area (Å²) in [5.41, 5.74) is 1.08. The van der Waals surface area contributed by atoms with Crippen LogP contribution in [0, 0.1) is 5.92 Å². The molecule has 2 aliphatic rings. The van der Waals surface area contributed by atoms with Gasteiger partial charge in [-0.15, -0.1) is 0 Å². The van der Waals surface area contributed by atoms with E-state index in [1.54, 1.807) is 20.2 Å². The Bertz CT molecular complexity index is 630. The van der Waals surface area contributed by atoms with Gasteiger partial charge in [0.15, 0.2) is 0 Å². The first-order chi connectivity index (χ1) is 10.5. The second-order valence-corrected chi connectivity index (χ2v) is 8.72. The molecule has 0 bridgehead atoms. The molecular formula is C16H25N3O2S. The third kappa shape index (κ3) is 3.20. The van der Waals surface area contributed by atoms with Crippen LogP contribution in [0.3, 0.4) is 0 Å². The minimum atomic E-state index is -3.35. The molecule has 6 heteroatoms. The first-order valence-electron chi connectivity index (χ1n) is 7.94. The van der Waals surface area contributed by atoms with Crippen molar-refractivity contribution in [3.63, 3.8) is 0 Å². The molecule has 2 unspecified atom stereocenters. The van der Waals surface area contributed by atoms with Crippen LogP contribution in [0.4, 0.5) is 0 Å². The number of fused-ring (bicyclic) bond motifs is 1. The second-order valence-electron chi connectivity index (χ2n) is 6.57. The summed E-state index contributed by atoms with van der Waals surface area (Å²) in [6.07, 6.45) is 2.45. The minimum Gasteiger partial charge on any atom is -0.314 e. The van der Waals surface area contributed by atoms with Crippen molar-refractivity contribution in [2.45, 2.75) is 30.3 Å². The largest absolute Gasteiger partial charge is 0.314 e. The Kier molecular flexibility index (Phi) is 4.54. The molecule has 1 N–H and O–H groups in total. The van der Waals surface area contributed by atoms with E-state index in [-0.39, 0.29) is 0 Å². The SMILES string of the molecule is CN(C)S(=O)(=O)c1cccc(CN2CCC3NCCC3C2)c1. The zero-order valence-electron chi connectivity index (χ0n) is 13.3. The van der Waals surface area contributed by atoms with Crippen LogP contribution in [-0.2, 0) is 16.6 Å². The van der Waals surface area contributed by atoms with E-state index in [2.05, 4.69) is 10.2 Å². The van der Waals surface area contributed by atoms with Crippen LogP contribution < -0.4 is 5.32 Å². The number of nitrogens with zero attached hydrogens (tertiary/aromatic N) is 2. The fourth-order valence-corrected chi connectivity index (χ4v) is 4.51. The summed E-state index contributed by atoms with van der Waals surface area (Å²) in [6.45, 7) is 4.17. The molecule has 1 aromatic carbocycles. The lowest BCUT2D eigenvalue weighted by molar-refractivity contribution is 0.156. The standard InChI is InChI=1S/C16H25N3O2S/c1-18(2)22(20,21)15-5-3-4-13(10-15)11-19-9-7-16-14(12-19)6-8-17-16/h3-5,10,14,16-17H,6-9,11-12H2,1-2H3. The van der Waals surface area contributed by atoms with Crippen molar-refractivity contribution in [2.24, 2.45) is 5.92 Å². The van der Waals surface area contributed by atoms with Crippen LogP contribution in [0.5, 0.6) is 0 Å². The predicted molar refractivity (Wildman–Crippen MR) is 87.1 cm³/mol. The summed E-state index contributed by atoms with van der Waals surface area (Å²) in [5, 5.41) is 3.57. The van der Waals surface area contributed by atoms with Gasteiger partial charge in [0.25, 0.3) is 0 Å². The van der Waals surface area contributed by atoms with Crippen molar-refractivity contribution in [3.05, 3.63) is 29.8 Å². The number of piperidine rings is 1. The van der Waals surface area contributed by atoms with Gasteiger partial charge in [0.1, 0.15) is 0 Å². The van der Waals surface area contributed by atoms with Crippen molar-refractivity contribution in [3.8, 4) is 0 Å². The Balaban J connectivity index is 1.71. The van der Waals surface area contributed by atoms with E-state index in [0.29, 0.717) is 10.9 Å². The van der Waals surface area contributed by atoms with Gasteiger partial charge in [-0.3, -0.25) is 4.90 Å². The first kappa shape index (κ1) is 15.9. The molecule has 2 saturated heterocycles. The highest BCUT2D eigenvalue weighted by Gasteiger charge is 2.32. The maximum atomic E-state index is 12.2. The average molecular weight is 323 g/mol. The molecule has 5 nitrogen and oxygen atoms in total. The molecule has 3 rings (SSSR count). The highest BCUT2D eigenvalue weighted by Crippen LogP contribution is 2.26. The van der Waals surface area contributed by atoms with E-state index in [4.69, 9.17) is 0 Å². The van der Waals surface area contributed by atoms with E-state index >= 15 is 0 Å². The summed E-state index contributed by atoms with van der Waals surface area (Å²) in [5.74, 6) is 0.752. The molecule has 2 aliphatic heterocycles. The molecule has 2 heterocycles. The van der Waals surface area contributed by atoms with Crippen molar-refractivity contribution in [2.75, 3.05) is 33.7 Å². The van der Waals surface area contributed by atoms with E-state index < -0.39 is 10.0 Å². The van der Waals surface area contributed by atoms with Crippen LogP contribution in [0.2, 0.25) is 0 Å². The fraction of sp³-hybridized carbons (Fsp3) is 0.625. The fourth-order valence-electron chi connectivity index (χ4n) is 3.54. The number of hydrogen-bond donors (Lipinski definition) is 1. The minimum absolute atomic E-state index is 0.382. The van der Waals surface area contributed by atoms with Crippen LogP contribution in [0.15, 0.2) is 29.2 Å². The van der Waals surface area contributed by atoms with Crippen LogP contribution in [0.1, 0.15) is 18.4 Å². The Morgan fingerprint density at radius 3 is 2.91 bits per heavy atom. The van der Waals surface area contributed by atoms with Gasteiger partial charge in [0.2, 0.25) is 10.0 Å². The molecule has 1 aromatic rings. The van der Waals surface area contributed by atoms with E-state index in [0.717, 1.165) is 37.7 Å².